The zero-order chi connectivity index (χ0) is 34.3. The van der Waals surface area contributed by atoms with Gasteiger partial charge >= 0.3 is 6.09 Å². The van der Waals surface area contributed by atoms with E-state index in [0.29, 0.717) is 51.1 Å². The zero-order valence-corrected chi connectivity index (χ0v) is 29.3. The van der Waals surface area contributed by atoms with Crippen molar-refractivity contribution in [1.82, 2.24) is 24.6 Å². The average Bonchev–Trinajstić information content (AvgIpc) is 3.61. The number of rotatable bonds is 9. The number of carbonyl (C=O) groups excluding carboxylic acids is 2. The Bertz CT molecular complexity index is 1650. The van der Waals surface area contributed by atoms with Crippen molar-refractivity contribution in [2.75, 3.05) is 31.6 Å². The summed E-state index contributed by atoms with van der Waals surface area (Å²) in [5.41, 5.74) is 4.44. The van der Waals surface area contributed by atoms with Gasteiger partial charge in [0.25, 0.3) is 0 Å². The molecule has 11 heteroatoms. The molecule has 0 spiro atoms. The van der Waals surface area contributed by atoms with Gasteiger partial charge in [-0.1, -0.05) is 12.1 Å². The molecule has 3 aromatic rings. The summed E-state index contributed by atoms with van der Waals surface area (Å²) in [4.78, 5) is 39.8. The smallest absolute Gasteiger partial charge is 0.410 e. The molecule has 4 aliphatic carbocycles. The van der Waals surface area contributed by atoms with Crippen molar-refractivity contribution in [3.63, 3.8) is 0 Å². The van der Waals surface area contributed by atoms with E-state index < -0.39 is 6.10 Å². The SMILES string of the molecule is COc1ccc(C23CCC(CN(C(=O)C4CCC(OC(=O)N5CC(O)C5)CC4)c4cc(-c5cnn(C(C)C)c5)ncn4)(CC2)CC3)cc1C. The second-order valence-corrected chi connectivity index (χ2v) is 15.4. The molecule has 49 heavy (non-hydrogen) atoms. The third-order valence-corrected chi connectivity index (χ3v) is 11.9. The number of aliphatic hydroxyl groups excluding tert-OH is 1. The van der Waals surface area contributed by atoms with E-state index in [2.05, 4.69) is 49.1 Å². The standard InChI is InChI=1S/C38H50N6O5/c1-25(2)44-20-28(19-41-44)32-18-34(40-24-39-32)43(35(46)27-5-8-31(9-6-27)49-36(47)42-21-30(45)22-42)23-37-11-14-38(15-12-37,16-13-37)29-7-10-33(48-4)26(3)17-29/h7,10,17-20,24-25,27,30-31,45H,5-6,8-9,11-16,21-23H2,1-4H3. The van der Waals surface area contributed by atoms with Gasteiger partial charge in [-0.05, 0) is 113 Å². The highest BCUT2D eigenvalue weighted by Crippen LogP contribution is 2.58. The highest BCUT2D eigenvalue weighted by Gasteiger charge is 2.51. The van der Waals surface area contributed by atoms with E-state index in [1.54, 1.807) is 13.4 Å². The van der Waals surface area contributed by atoms with Crippen LogP contribution in [0.2, 0.25) is 0 Å². The summed E-state index contributed by atoms with van der Waals surface area (Å²) < 4.78 is 13.2. The number of benzene rings is 1. The largest absolute Gasteiger partial charge is 0.496 e. The molecule has 1 N–H and O–H groups in total. The van der Waals surface area contributed by atoms with Gasteiger partial charge in [0.1, 0.15) is 24.0 Å². The number of β-amino-alcohol motifs (C(OH)–C–C–N with tert-alkyl or cyclic N) is 1. The second kappa shape index (κ2) is 13.4. The second-order valence-electron chi connectivity index (χ2n) is 15.4. The molecule has 1 aromatic carbocycles. The van der Waals surface area contributed by atoms with Gasteiger partial charge in [0.2, 0.25) is 5.91 Å². The normalized spacial score (nSPS) is 26.8. The zero-order valence-electron chi connectivity index (χ0n) is 29.3. The first-order chi connectivity index (χ1) is 23.6. The van der Waals surface area contributed by atoms with E-state index in [1.807, 2.05) is 28.0 Å². The third-order valence-electron chi connectivity index (χ3n) is 11.9. The summed E-state index contributed by atoms with van der Waals surface area (Å²) in [6.45, 7) is 7.58. The predicted molar refractivity (Wildman–Crippen MR) is 185 cm³/mol. The van der Waals surface area contributed by atoms with Crippen molar-refractivity contribution < 1.29 is 24.2 Å². The fourth-order valence-corrected chi connectivity index (χ4v) is 8.62. The molecular weight excluding hydrogens is 620 g/mol. The Morgan fingerprint density at radius 1 is 1.02 bits per heavy atom. The molecule has 5 aliphatic rings. The first-order valence-electron chi connectivity index (χ1n) is 18.0. The molecular formula is C38H50N6O5. The third kappa shape index (κ3) is 6.66. The minimum Gasteiger partial charge on any atom is -0.496 e. The lowest BCUT2D eigenvalue weighted by molar-refractivity contribution is -0.124. The maximum absolute atomic E-state index is 14.6. The van der Waals surface area contributed by atoms with E-state index in [9.17, 15) is 14.7 Å². The molecule has 5 fully saturated rings. The van der Waals surface area contributed by atoms with Crippen LogP contribution in [-0.4, -0.2) is 80.7 Å². The van der Waals surface area contributed by atoms with Crippen LogP contribution in [0.15, 0.2) is 43.0 Å². The minimum absolute atomic E-state index is 0.0289. The lowest BCUT2D eigenvalue weighted by Crippen LogP contribution is -2.54. The molecule has 3 heterocycles. The fraction of sp³-hybridized carbons (Fsp3) is 0.605. The van der Waals surface area contributed by atoms with Crippen LogP contribution in [0.3, 0.4) is 0 Å². The van der Waals surface area contributed by atoms with Gasteiger partial charge in [-0.25, -0.2) is 14.8 Å². The highest BCUT2D eigenvalue weighted by molar-refractivity contribution is 5.94. The lowest BCUT2D eigenvalue weighted by Gasteiger charge is -2.55. The molecule has 2 bridgehead atoms. The lowest BCUT2D eigenvalue weighted by atomic mass is 9.51. The van der Waals surface area contributed by atoms with E-state index in [0.717, 1.165) is 55.5 Å². The Kier molecular flexibility index (Phi) is 9.15. The van der Waals surface area contributed by atoms with E-state index >= 15 is 0 Å². The van der Waals surface area contributed by atoms with Crippen LogP contribution >= 0.6 is 0 Å². The number of nitrogens with zero attached hydrogens (tertiary/aromatic N) is 6. The minimum atomic E-state index is -0.462. The van der Waals surface area contributed by atoms with Crippen molar-refractivity contribution in [2.24, 2.45) is 11.3 Å². The number of amides is 2. The Morgan fingerprint density at radius 2 is 1.73 bits per heavy atom. The summed E-state index contributed by atoms with van der Waals surface area (Å²) in [5, 5.41) is 14.1. The molecule has 0 atom stereocenters. The van der Waals surface area contributed by atoms with Crippen LogP contribution in [-0.2, 0) is 14.9 Å². The summed E-state index contributed by atoms with van der Waals surface area (Å²) in [6.07, 6.45) is 13.4. The molecule has 0 unspecified atom stereocenters. The summed E-state index contributed by atoms with van der Waals surface area (Å²) in [5.74, 6) is 1.49. The number of likely N-dealkylation sites (tertiary alicyclic amines) is 1. The van der Waals surface area contributed by atoms with Crippen molar-refractivity contribution >= 4 is 17.8 Å². The van der Waals surface area contributed by atoms with Crippen LogP contribution in [0.5, 0.6) is 5.75 Å². The molecule has 8 rings (SSSR count). The topological polar surface area (TPSA) is 123 Å². The highest BCUT2D eigenvalue weighted by atomic mass is 16.6. The number of aryl methyl sites for hydroxylation is 1. The molecule has 2 aromatic heterocycles. The molecule has 262 valence electrons. The number of hydrogen-bond acceptors (Lipinski definition) is 8. The summed E-state index contributed by atoms with van der Waals surface area (Å²) in [6, 6.07) is 8.85. The number of fused-ring (bicyclic) bond motifs is 3. The molecule has 1 aliphatic heterocycles. The number of ether oxygens (including phenoxy) is 2. The Labute approximate surface area is 289 Å². The molecule has 1 saturated heterocycles. The number of aromatic nitrogens is 4. The Hall–Kier alpha value is -3.99. The van der Waals surface area contributed by atoms with E-state index in [4.69, 9.17) is 14.5 Å². The quantitative estimate of drug-likeness (QED) is 0.284. The van der Waals surface area contributed by atoms with Crippen LogP contribution in [0.4, 0.5) is 10.6 Å². The van der Waals surface area contributed by atoms with Crippen molar-refractivity contribution in [3.05, 3.63) is 54.1 Å². The predicted octanol–water partition coefficient (Wildman–Crippen LogP) is 6.24. The summed E-state index contributed by atoms with van der Waals surface area (Å²) >= 11 is 0. The average molecular weight is 671 g/mol. The van der Waals surface area contributed by atoms with Crippen LogP contribution in [0.1, 0.15) is 95.2 Å². The number of aliphatic hydroxyl groups is 1. The molecule has 2 amide bonds. The van der Waals surface area contributed by atoms with Crippen molar-refractivity contribution in [2.45, 2.75) is 109 Å². The van der Waals surface area contributed by atoms with Gasteiger partial charge in [-0.3, -0.25) is 14.4 Å². The van der Waals surface area contributed by atoms with Gasteiger partial charge in [0, 0.05) is 36.3 Å². The van der Waals surface area contributed by atoms with Crippen molar-refractivity contribution in [1.29, 1.82) is 0 Å². The van der Waals surface area contributed by atoms with Crippen LogP contribution in [0.25, 0.3) is 11.3 Å². The van der Waals surface area contributed by atoms with Gasteiger partial charge in [-0.2, -0.15) is 5.10 Å². The van der Waals surface area contributed by atoms with Crippen LogP contribution < -0.4 is 9.64 Å². The number of anilines is 1. The first kappa shape index (κ1) is 33.5. The van der Waals surface area contributed by atoms with Gasteiger partial charge in [0.15, 0.2) is 0 Å². The van der Waals surface area contributed by atoms with Gasteiger partial charge < -0.3 is 19.5 Å². The number of methoxy groups -OCH3 is 1. The first-order valence-corrected chi connectivity index (χ1v) is 18.0. The van der Waals surface area contributed by atoms with Gasteiger partial charge in [0.05, 0.1) is 38.2 Å². The molecule has 4 saturated carbocycles. The Balaban J connectivity index is 1.10. The maximum Gasteiger partial charge on any atom is 0.410 e. The molecule has 0 radical (unpaired) electrons. The van der Waals surface area contributed by atoms with E-state index in [1.165, 1.54) is 16.0 Å². The maximum atomic E-state index is 14.6. The number of hydrogen-bond donors (Lipinski definition) is 1. The Morgan fingerprint density at radius 3 is 2.35 bits per heavy atom. The van der Waals surface area contributed by atoms with Gasteiger partial charge in [-0.15, -0.1) is 0 Å². The summed E-state index contributed by atoms with van der Waals surface area (Å²) in [7, 11) is 1.73. The number of carbonyl (C=O) groups is 2. The monoisotopic (exact) mass is 670 g/mol. The van der Waals surface area contributed by atoms with E-state index in [-0.39, 0.29) is 40.9 Å². The molecule has 11 nitrogen and oxygen atoms in total. The fourth-order valence-electron chi connectivity index (χ4n) is 8.62. The van der Waals surface area contributed by atoms with Crippen LogP contribution in [0, 0.1) is 18.3 Å². The van der Waals surface area contributed by atoms with Crippen molar-refractivity contribution in [3.8, 4) is 17.0 Å².